The molecule has 0 heterocycles. The Kier molecular flexibility index (Phi) is 65.5. The molecular formula is C75H146O17P2. The average molecular weight is 1380 g/mol. The van der Waals surface area contributed by atoms with E-state index in [0.29, 0.717) is 31.6 Å². The number of carbonyl (C=O) groups is 4. The third kappa shape index (κ3) is 68.6. The maximum Gasteiger partial charge on any atom is 0.472 e. The van der Waals surface area contributed by atoms with Gasteiger partial charge in [-0.1, -0.05) is 337 Å². The second-order valence-electron chi connectivity index (χ2n) is 28.0. The summed E-state index contributed by atoms with van der Waals surface area (Å²) in [5, 5.41) is 10.6. The van der Waals surface area contributed by atoms with Crippen molar-refractivity contribution in [2.45, 2.75) is 407 Å². The van der Waals surface area contributed by atoms with Gasteiger partial charge in [-0.3, -0.25) is 37.3 Å². The van der Waals surface area contributed by atoms with E-state index in [9.17, 15) is 43.2 Å². The van der Waals surface area contributed by atoms with Gasteiger partial charge in [0.2, 0.25) is 0 Å². The third-order valence-electron chi connectivity index (χ3n) is 17.5. The zero-order valence-electron chi connectivity index (χ0n) is 61.3. The number of aliphatic hydroxyl groups excluding tert-OH is 1. The molecule has 0 rings (SSSR count). The van der Waals surface area contributed by atoms with Gasteiger partial charge >= 0.3 is 39.5 Å². The molecule has 5 atom stereocenters. The number of carbonyl (C=O) groups excluding carboxylic acids is 4. The summed E-state index contributed by atoms with van der Waals surface area (Å²) in [7, 11) is -9.91. The number of phosphoric ester groups is 2. The molecule has 0 aliphatic rings. The topological polar surface area (TPSA) is 237 Å². The Morgan fingerprint density at radius 1 is 0.287 bits per heavy atom. The fourth-order valence-corrected chi connectivity index (χ4v) is 13.1. The summed E-state index contributed by atoms with van der Waals surface area (Å²) in [4.78, 5) is 72.7. The van der Waals surface area contributed by atoms with Crippen LogP contribution in [0.15, 0.2) is 0 Å². The van der Waals surface area contributed by atoms with E-state index in [-0.39, 0.29) is 25.7 Å². The van der Waals surface area contributed by atoms with Crippen LogP contribution in [0.4, 0.5) is 0 Å². The minimum absolute atomic E-state index is 0.104. The summed E-state index contributed by atoms with van der Waals surface area (Å²) < 4.78 is 68.5. The first kappa shape index (κ1) is 92.1. The molecule has 0 aromatic heterocycles. The minimum Gasteiger partial charge on any atom is -0.462 e. The molecule has 3 N–H and O–H groups in total. The van der Waals surface area contributed by atoms with Crippen LogP contribution in [0.5, 0.6) is 0 Å². The molecule has 0 aliphatic heterocycles. The number of hydrogen-bond donors (Lipinski definition) is 3. The molecule has 0 fully saturated rings. The quantitative estimate of drug-likeness (QED) is 0.0222. The lowest BCUT2D eigenvalue weighted by Crippen LogP contribution is -2.30. The molecule has 0 aromatic carbocycles. The van der Waals surface area contributed by atoms with Crippen molar-refractivity contribution in [1.29, 1.82) is 0 Å². The standard InChI is InChI=1S/C75H146O17P2/c1-7-9-11-13-15-17-19-21-23-25-27-29-31-33-40-47-53-59-74(79)91-70(63-85-72(77)57-51-45-39-32-30-28-26-24-22-20-18-16-14-12-10-8-2)65-89-93(81,82)87-61-69(76)62-88-94(83,84)90-66-71(64-86-73(78)58-52-46-42-36-38-44-50-56-68(5)6)92-75(80)60-54-48-41-35-34-37-43-49-55-67(3)4/h67-71,76H,7-66H2,1-6H3,(H,81,82)(H,83,84)/t69-,70-,71-/m1/s1. The van der Waals surface area contributed by atoms with Crippen molar-refractivity contribution >= 4 is 39.5 Å². The monoisotopic (exact) mass is 1380 g/mol. The van der Waals surface area contributed by atoms with Crippen LogP contribution in [0.25, 0.3) is 0 Å². The first-order chi connectivity index (χ1) is 45.4. The Balaban J connectivity index is 5.23. The second-order valence-corrected chi connectivity index (χ2v) is 30.9. The minimum atomic E-state index is -4.96. The maximum atomic E-state index is 13.1. The van der Waals surface area contributed by atoms with Gasteiger partial charge in [-0.25, -0.2) is 9.13 Å². The Labute approximate surface area is 575 Å². The first-order valence-corrected chi connectivity index (χ1v) is 42.0. The van der Waals surface area contributed by atoms with Gasteiger partial charge in [0.05, 0.1) is 26.4 Å². The molecule has 94 heavy (non-hydrogen) atoms. The van der Waals surface area contributed by atoms with Crippen LogP contribution >= 0.6 is 15.6 Å². The molecule has 0 aromatic rings. The number of phosphoric acid groups is 2. The first-order valence-electron chi connectivity index (χ1n) is 39.0. The van der Waals surface area contributed by atoms with Gasteiger partial charge in [-0.2, -0.15) is 0 Å². The summed E-state index contributed by atoms with van der Waals surface area (Å²) in [5.41, 5.74) is 0. The van der Waals surface area contributed by atoms with Crippen molar-refractivity contribution in [3.63, 3.8) is 0 Å². The van der Waals surface area contributed by atoms with E-state index in [0.717, 1.165) is 102 Å². The van der Waals surface area contributed by atoms with Crippen LogP contribution in [-0.2, 0) is 65.4 Å². The highest BCUT2D eigenvalue weighted by molar-refractivity contribution is 7.47. The maximum absolute atomic E-state index is 13.1. The molecule has 0 spiro atoms. The number of hydrogen-bond acceptors (Lipinski definition) is 15. The Bertz CT molecular complexity index is 1820. The summed E-state index contributed by atoms with van der Waals surface area (Å²) in [5.74, 6) is -0.695. The lowest BCUT2D eigenvalue weighted by atomic mass is 10.0. The SMILES string of the molecule is CCCCCCCCCCCCCCCCCCCC(=O)O[C@H](COC(=O)CCCCCCCCCCCCCCCCCC)COP(=O)(O)OC[C@@H](O)COP(=O)(O)OC[C@@H](COC(=O)CCCCCCCCCC(C)C)OC(=O)CCCCCCCCCCC(C)C. The van der Waals surface area contributed by atoms with Crippen LogP contribution in [0.1, 0.15) is 388 Å². The highest BCUT2D eigenvalue weighted by atomic mass is 31.2. The van der Waals surface area contributed by atoms with Gasteiger partial charge in [-0.05, 0) is 37.5 Å². The van der Waals surface area contributed by atoms with E-state index in [1.807, 2.05) is 0 Å². The zero-order valence-corrected chi connectivity index (χ0v) is 63.1. The van der Waals surface area contributed by atoms with Gasteiger partial charge in [0.25, 0.3) is 0 Å². The summed E-state index contributed by atoms with van der Waals surface area (Å²) in [6.07, 6.45) is 54.2. The van der Waals surface area contributed by atoms with Crippen LogP contribution in [0, 0.1) is 11.8 Å². The molecule has 17 nitrogen and oxygen atoms in total. The molecule has 0 saturated heterocycles. The van der Waals surface area contributed by atoms with Crippen molar-refractivity contribution in [2.75, 3.05) is 39.6 Å². The number of ether oxygens (including phenoxy) is 4. The highest BCUT2D eigenvalue weighted by Gasteiger charge is 2.30. The van der Waals surface area contributed by atoms with E-state index >= 15 is 0 Å². The molecule has 0 saturated carbocycles. The lowest BCUT2D eigenvalue weighted by Gasteiger charge is -2.21. The molecule has 0 amide bonds. The normalized spacial score (nSPS) is 14.0. The van der Waals surface area contributed by atoms with Crippen molar-refractivity contribution in [3.8, 4) is 0 Å². The highest BCUT2D eigenvalue weighted by Crippen LogP contribution is 2.45. The van der Waals surface area contributed by atoms with Crippen molar-refractivity contribution < 1.29 is 80.2 Å². The van der Waals surface area contributed by atoms with Gasteiger partial charge in [0, 0.05) is 25.7 Å². The van der Waals surface area contributed by atoms with Gasteiger partial charge in [0.1, 0.15) is 19.3 Å². The predicted molar refractivity (Wildman–Crippen MR) is 381 cm³/mol. The summed E-state index contributed by atoms with van der Waals surface area (Å²) in [6.45, 7) is 9.49. The van der Waals surface area contributed by atoms with Crippen LogP contribution in [0.2, 0.25) is 0 Å². The van der Waals surface area contributed by atoms with E-state index in [1.165, 1.54) is 199 Å². The zero-order chi connectivity index (χ0) is 69.3. The molecule has 0 aliphatic carbocycles. The molecular weight excluding hydrogens is 1230 g/mol. The van der Waals surface area contributed by atoms with E-state index in [4.69, 9.17) is 37.0 Å². The fraction of sp³-hybridized carbons (Fsp3) is 0.947. The van der Waals surface area contributed by atoms with Crippen LogP contribution in [-0.4, -0.2) is 96.7 Å². The van der Waals surface area contributed by atoms with Crippen molar-refractivity contribution in [3.05, 3.63) is 0 Å². The second kappa shape index (κ2) is 66.9. The summed E-state index contributed by atoms with van der Waals surface area (Å²) in [6, 6.07) is 0. The summed E-state index contributed by atoms with van der Waals surface area (Å²) >= 11 is 0. The molecule has 2 unspecified atom stereocenters. The lowest BCUT2D eigenvalue weighted by molar-refractivity contribution is -0.161. The van der Waals surface area contributed by atoms with Gasteiger partial charge in [-0.15, -0.1) is 0 Å². The van der Waals surface area contributed by atoms with E-state index in [2.05, 4.69) is 41.5 Å². The Morgan fingerprint density at radius 3 is 0.723 bits per heavy atom. The van der Waals surface area contributed by atoms with Crippen LogP contribution in [0.3, 0.4) is 0 Å². The van der Waals surface area contributed by atoms with Gasteiger partial charge < -0.3 is 33.8 Å². The van der Waals surface area contributed by atoms with E-state index in [1.54, 1.807) is 0 Å². The molecule has 0 bridgehead atoms. The van der Waals surface area contributed by atoms with Gasteiger partial charge in [0.15, 0.2) is 12.2 Å². The largest absolute Gasteiger partial charge is 0.472 e. The Hall–Kier alpha value is -1.94. The number of unbranched alkanes of at least 4 members (excludes halogenated alkanes) is 44. The van der Waals surface area contributed by atoms with Crippen LogP contribution < -0.4 is 0 Å². The van der Waals surface area contributed by atoms with Crippen molar-refractivity contribution in [2.24, 2.45) is 11.8 Å². The number of rotatable bonds is 74. The predicted octanol–water partition coefficient (Wildman–Crippen LogP) is 21.9. The van der Waals surface area contributed by atoms with E-state index < -0.39 is 97.5 Å². The molecule has 558 valence electrons. The fourth-order valence-electron chi connectivity index (χ4n) is 11.5. The molecule has 19 heteroatoms. The molecule has 0 radical (unpaired) electrons. The number of aliphatic hydroxyl groups is 1. The number of esters is 4. The van der Waals surface area contributed by atoms with Crippen molar-refractivity contribution in [1.82, 2.24) is 0 Å². The Morgan fingerprint density at radius 2 is 0.489 bits per heavy atom. The third-order valence-corrected chi connectivity index (χ3v) is 19.4. The smallest absolute Gasteiger partial charge is 0.462 e. The average Bonchev–Trinajstić information content (AvgIpc) is 1.26.